The molecule has 0 bridgehead atoms. The molecular weight excluding hydrogens is 310 g/mol. The van der Waals surface area contributed by atoms with Gasteiger partial charge in [0.1, 0.15) is 0 Å². The second-order valence-electron chi connectivity index (χ2n) is 4.26. The first-order valence-corrected chi connectivity index (χ1v) is 7.47. The monoisotopic (exact) mass is 321 g/mol. The Morgan fingerprint density at radius 3 is 2.27 bits per heavy atom. The van der Waals surface area contributed by atoms with Crippen LogP contribution in [0, 0.1) is 0 Å². The lowest BCUT2D eigenvalue weighted by atomic mass is 10.2. The van der Waals surface area contributed by atoms with Gasteiger partial charge >= 0.3 is 5.97 Å². The standard InChI is InChI=1S/C14H11NO6S/c16-12(7-13(17)14(18)19)11-6-10(8-15-11)22(20,21)9-4-2-1-3-5-9/h1-8,15,17H,(H,18,19). The number of benzene rings is 1. The van der Waals surface area contributed by atoms with E-state index in [2.05, 4.69) is 4.98 Å². The molecule has 1 heterocycles. The SMILES string of the molecule is O=C(O)C(O)=CC(=O)c1cc(S(=O)(=O)c2ccccc2)c[nH]1. The largest absolute Gasteiger partial charge is 0.502 e. The maximum atomic E-state index is 12.3. The summed E-state index contributed by atoms with van der Waals surface area (Å²) in [6, 6.07) is 8.72. The molecule has 3 N–H and O–H groups in total. The fourth-order valence-electron chi connectivity index (χ4n) is 1.67. The number of carbonyl (C=O) groups is 2. The molecule has 0 spiro atoms. The van der Waals surface area contributed by atoms with E-state index in [1.165, 1.54) is 12.1 Å². The molecule has 0 radical (unpaired) electrons. The number of aromatic amines is 1. The molecule has 2 rings (SSSR count). The van der Waals surface area contributed by atoms with Crippen LogP contribution in [0.4, 0.5) is 0 Å². The van der Waals surface area contributed by atoms with Crippen LogP contribution in [0.1, 0.15) is 10.5 Å². The Morgan fingerprint density at radius 2 is 1.68 bits per heavy atom. The molecule has 1 aromatic carbocycles. The van der Waals surface area contributed by atoms with Crippen molar-refractivity contribution >= 4 is 21.6 Å². The second kappa shape index (κ2) is 5.86. The number of sulfone groups is 1. The molecule has 0 unspecified atom stereocenters. The molecule has 7 nitrogen and oxygen atoms in total. The van der Waals surface area contributed by atoms with Crippen molar-refractivity contribution in [1.82, 2.24) is 4.98 Å². The van der Waals surface area contributed by atoms with E-state index >= 15 is 0 Å². The third-order valence-corrected chi connectivity index (χ3v) is 4.52. The van der Waals surface area contributed by atoms with Gasteiger partial charge in [0.15, 0.2) is 0 Å². The Bertz CT molecular complexity index is 848. The summed E-state index contributed by atoms with van der Waals surface area (Å²) in [6.07, 6.45) is 1.62. The van der Waals surface area contributed by atoms with Crippen LogP contribution in [0.2, 0.25) is 0 Å². The Labute approximate surface area is 125 Å². The number of carboxylic acids is 1. The van der Waals surface area contributed by atoms with Crippen LogP contribution in [-0.4, -0.2) is 35.4 Å². The van der Waals surface area contributed by atoms with E-state index in [-0.39, 0.29) is 15.5 Å². The number of aliphatic hydroxyl groups excluding tert-OH is 1. The van der Waals surface area contributed by atoms with Crippen LogP contribution in [0.3, 0.4) is 0 Å². The van der Waals surface area contributed by atoms with Gasteiger partial charge in [0.05, 0.1) is 15.5 Å². The number of ketones is 1. The van der Waals surface area contributed by atoms with Crippen LogP contribution < -0.4 is 0 Å². The molecular formula is C14H11NO6S. The molecule has 22 heavy (non-hydrogen) atoms. The average molecular weight is 321 g/mol. The molecule has 0 amide bonds. The lowest BCUT2D eigenvalue weighted by Gasteiger charge is -2.00. The van der Waals surface area contributed by atoms with Gasteiger partial charge in [-0.3, -0.25) is 4.79 Å². The Hall–Kier alpha value is -2.87. The van der Waals surface area contributed by atoms with Gasteiger partial charge in [-0.15, -0.1) is 0 Å². The third-order valence-electron chi connectivity index (χ3n) is 2.77. The topological polar surface area (TPSA) is 125 Å². The zero-order valence-corrected chi connectivity index (χ0v) is 11.9. The smallest absolute Gasteiger partial charge is 0.371 e. The minimum atomic E-state index is -3.78. The molecule has 2 aromatic rings. The van der Waals surface area contributed by atoms with E-state index < -0.39 is 27.3 Å². The summed E-state index contributed by atoms with van der Waals surface area (Å²) in [5.74, 6) is -3.64. The van der Waals surface area contributed by atoms with Crippen LogP contribution in [0.5, 0.6) is 0 Å². The number of hydrogen-bond donors (Lipinski definition) is 3. The first kappa shape index (κ1) is 15.5. The van der Waals surface area contributed by atoms with Gasteiger partial charge < -0.3 is 15.2 Å². The van der Waals surface area contributed by atoms with Gasteiger partial charge in [0.25, 0.3) is 0 Å². The summed E-state index contributed by atoms with van der Waals surface area (Å²) in [7, 11) is -3.78. The van der Waals surface area contributed by atoms with E-state index in [1.807, 2.05) is 0 Å². The number of allylic oxidation sites excluding steroid dienone is 1. The minimum absolute atomic E-state index is 0.0666. The number of H-pyrrole nitrogens is 1. The molecule has 0 saturated carbocycles. The Balaban J connectivity index is 2.35. The molecule has 1 aromatic heterocycles. The van der Waals surface area contributed by atoms with Crippen molar-refractivity contribution in [2.24, 2.45) is 0 Å². The predicted molar refractivity (Wildman–Crippen MR) is 75.4 cm³/mol. The number of carbonyl (C=O) groups excluding carboxylic acids is 1. The van der Waals surface area contributed by atoms with E-state index in [4.69, 9.17) is 10.2 Å². The fraction of sp³-hybridized carbons (Fsp3) is 0. The van der Waals surface area contributed by atoms with Gasteiger partial charge in [0, 0.05) is 12.3 Å². The summed E-state index contributed by atoms with van der Waals surface area (Å²) in [5, 5.41) is 17.5. The number of aromatic nitrogens is 1. The highest BCUT2D eigenvalue weighted by molar-refractivity contribution is 7.91. The summed E-state index contributed by atoms with van der Waals surface area (Å²) < 4.78 is 24.6. The third kappa shape index (κ3) is 3.07. The van der Waals surface area contributed by atoms with Crippen LogP contribution in [-0.2, 0) is 14.6 Å². The van der Waals surface area contributed by atoms with Crippen molar-refractivity contribution in [1.29, 1.82) is 0 Å². The number of hydrogen-bond acceptors (Lipinski definition) is 5. The summed E-state index contributed by atoms with van der Waals surface area (Å²) in [4.78, 5) is 24.5. The molecule has 114 valence electrons. The van der Waals surface area contributed by atoms with E-state index in [0.29, 0.717) is 6.08 Å². The maximum absolute atomic E-state index is 12.3. The van der Waals surface area contributed by atoms with Gasteiger partial charge in [-0.05, 0) is 18.2 Å². The van der Waals surface area contributed by atoms with Gasteiger partial charge in [-0.2, -0.15) is 0 Å². The molecule has 0 fully saturated rings. The lowest BCUT2D eigenvalue weighted by molar-refractivity contribution is -0.135. The van der Waals surface area contributed by atoms with E-state index in [1.54, 1.807) is 18.2 Å². The van der Waals surface area contributed by atoms with Crippen LogP contribution >= 0.6 is 0 Å². The van der Waals surface area contributed by atoms with Crippen molar-refractivity contribution in [3.05, 3.63) is 60.1 Å². The van der Waals surface area contributed by atoms with Crippen molar-refractivity contribution in [3.63, 3.8) is 0 Å². The number of aliphatic hydroxyl groups is 1. The quantitative estimate of drug-likeness (QED) is 0.436. The number of rotatable bonds is 5. The average Bonchev–Trinajstić information content (AvgIpc) is 2.98. The van der Waals surface area contributed by atoms with E-state index in [0.717, 1.165) is 12.3 Å². The highest BCUT2D eigenvalue weighted by Crippen LogP contribution is 2.21. The number of aliphatic carboxylic acids is 1. The van der Waals surface area contributed by atoms with Gasteiger partial charge in [-0.1, -0.05) is 18.2 Å². The molecule has 0 saturated heterocycles. The Morgan fingerprint density at radius 1 is 1.05 bits per heavy atom. The second-order valence-corrected chi connectivity index (χ2v) is 6.21. The first-order chi connectivity index (χ1) is 10.3. The highest BCUT2D eigenvalue weighted by Gasteiger charge is 2.20. The van der Waals surface area contributed by atoms with Crippen molar-refractivity contribution < 1.29 is 28.2 Å². The van der Waals surface area contributed by atoms with E-state index in [9.17, 15) is 18.0 Å². The summed E-state index contributed by atoms with van der Waals surface area (Å²) >= 11 is 0. The molecule has 0 aliphatic carbocycles. The normalized spacial score (nSPS) is 12.1. The number of nitrogens with one attached hydrogen (secondary N) is 1. The summed E-state index contributed by atoms with van der Waals surface area (Å²) in [6.45, 7) is 0. The zero-order valence-electron chi connectivity index (χ0n) is 11.1. The van der Waals surface area contributed by atoms with Crippen LogP contribution in [0.25, 0.3) is 0 Å². The molecule has 0 aliphatic rings. The minimum Gasteiger partial charge on any atom is -0.502 e. The van der Waals surface area contributed by atoms with Crippen molar-refractivity contribution in [2.75, 3.05) is 0 Å². The van der Waals surface area contributed by atoms with Crippen molar-refractivity contribution in [2.45, 2.75) is 9.79 Å². The maximum Gasteiger partial charge on any atom is 0.371 e. The van der Waals surface area contributed by atoms with Crippen LogP contribution in [0.15, 0.2) is 64.2 Å². The lowest BCUT2D eigenvalue weighted by Crippen LogP contribution is -2.04. The summed E-state index contributed by atoms with van der Waals surface area (Å²) in [5.41, 5.74) is -0.151. The van der Waals surface area contributed by atoms with Gasteiger partial charge in [-0.25, -0.2) is 13.2 Å². The van der Waals surface area contributed by atoms with Gasteiger partial charge in [0.2, 0.25) is 21.4 Å². The first-order valence-electron chi connectivity index (χ1n) is 5.99. The number of carboxylic acid groups (broad SMARTS) is 1. The predicted octanol–water partition coefficient (Wildman–Crippen LogP) is 1.56. The van der Waals surface area contributed by atoms with Crippen molar-refractivity contribution in [3.8, 4) is 0 Å². The molecule has 0 aliphatic heterocycles. The zero-order chi connectivity index (χ0) is 16.3. The molecule has 0 atom stereocenters. The Kier molecular flexibility index (Phi) is 4.13. The molecule has 8 heteroatoms. The highest BCUT2D eigenvalue weighted by atomic mass is 32.2. The fourth-order valence-corrected chi connectivity index (χ4v) is 2.95.